The highest BCUT2D eigenvalue weighted by Gasteiger charge is 2.42. The quantitative estimate of drug-likeness (QED) is 0.930. The summed E-state index contributed by atoms with van der Waals surface area (Å²) in [5.41, 5.74) is 1.14. The molecule has 1 saturated heterocycles. The molecule has 2 aliphatic heterocycles. The van der Waals surface area contributed by atoms with E-state index in [1.54, 1.807) is 11.9 Å². The molecule has 0 saturated carbocycles. The van der Waals surface area contributed by atoms with Gasteiger partial charge in [-0.25, -0.2) is 4.98 Å². The van der Waals surface area contributed by atoms with E-state index >= 15 is 0 Å². The van der Waals surface area contributed by atoms with Crippen LogP contribution < -0.4 is 10.2 Å². The lowest BCUT2D eigenvalue weighted by Crippen LogP contribution is -2.43. The van der Waals surface area contributed by atoms with Gasteiger partial charge in [-0.2, -0.15) is 0 Å². The van der Waals surface area contributed by atoms with Crippen molar-refractivity contribution in [1.29, 1.82) is 0 Å². The van der Waals surface area contributed by atoms with Gasteiger partial charge in [-0.3, -0.25) is 14.5 Å². The zero-order valence-corrected chi connectivity index (χ0v) is 14.2. The van der Waals surface area contributed by atoms with Gasteiger partial charge in [0, 0.05) is 20.1 Å². The molecule has 1 aromatic carbocycles. The van der Waals surface area contributed by atoms with E-state index in [1.807, 2.05) is 30.3 Å². The van der Waals surface area contributed by atoms with Crippen LogP contribution in [0.5, 0.6) is 0 Å². The van der Waals surface area contributed by atoms with Crippen LogP contribution in [0.2, 0.25) is 0 Å². The Balaban J connectivity index is 1.61. The smallest absolute Gasteiger partial charge is 0.268 e. The molecule has 2 aliphatic rings. The van der Waals surface area contributed by atoms with Crippen LogP contribution in [-0.4, -0.2) is 41.3 Å². The number of nitrogens with one attached hydrogen (secondary N) is 1. The number of hydrogen-bond donors (Lipinski definition) is 1. The highest BCUT2D eigenvalue weighted by Crippen LogP contribution is 2.36. The molecule has 0 unspecified atom stereocenters. The number of rotatable bonds is 3. The molecular formula is C17H18N4O2S. The Bertz CT molecular complexity index is 789. The first kappa shape index (κ1) is 15.1. The Hall–Kier alpha value is -2.41. The lowest BCUT2D eigenvalue weighted by molar-refractivity contribution is -0.121. The molecule has 1 atom stereocenters. The first-order valence-corrected chi connectivity index (χ1v) is 8.84. The fourth-order valence-corrected chi connectivity index (χ4v) is 4.20. The van der Waals surface area contributed by atoms with Crippen molar-refractivity contribution in [1.82, 2.24) is 9.88 Å². The van der Waals surface area contributed by atoms with Gasteiger partial charge in [0.05, 0.1) is 0 Å². The second kappa shape index (κ2) is 5.90. The molecule has 0 bridgehead atoms. The predicted octanol–water partition coefficient (Wildman–Crippen LogP) is 2.34. The molecule has 2 aromatic rings. The third kappa shape index (κ3) is 2.45. The fraction of sp³-hybridized carbons (Fsp3) is 0.353. The molecule has 24 heavy (non-hydrogen) atoms. The van der Waals surface area contributed by atoms with Gasteiger partial charge < -0.3 is 10.2 Å². The molecule has 124 valence electrons. The van der Waals surface area contributed by atoms with Crippen LogP contribution in [0.3, 0.4) is 0 Å². The zero-order valence-electron chi connectivity index (χ0n) is 13.4. The van der Waals surface area contributed by atoms with Gasteiger partial charge in [-0.1, -0.05) is 41.7 Å². The molecule has 2 amide bonds. The minimum Gasteiger partial charge on any atom is -0.357 e. The number of aromatic nitrogens is 1. The minimum atomic E-state index is -0.329. The summed E-state index contributed by atoms with van der Waals surface area (Å²) in [5, 5.41) is 3.91. The molecule has 0 aliphatic carbocycles. The minimum absolute atomic E-state index is 0.0421. The number of likely N-dealkylation sites (N-methyl/N-ethyl adjacent to an activating group) is 1. The Morgan fingerprint density at radius 2 is 2.08 bits per heavy atom. The van der Waals surface area contributed by atoms with E-state index in [1.165, 1.54) is 16.2 Å². The normalized spacial score (nSPS) is 20.0. The summed E-state index contributed by atoms with van der Waals surface area (Å²) in [6, 6.07) is 9.67. The van der Waals surface area contributed by atoms with Crippen molar-refractivity contribution in [3.8, 4) is 0 Å². The summed E-state index contributed by atoms with van der Waals surface area (Å²) in [6.07, 6.45) is 1.62. The second-order valence-electron chi connectivity index (χ2n) is 6.06. The van der Waals surface area contributed by atoms with Crippen LogP contribution in [0, 0.1) is 0 Å². The van der Waals surface area contributed by atoms with Gasteiger partial charge in [0.2, 0.25) is 0 Å². The summed E-state index contributed by atoms with van der Waals surface area (Å²) in [5.74, 6) is 0.356. The Labute approximate surface area is 144 Å². The largest absolute Gasteiger partial charge is 0.357 e. The second-order valence-corrected chi connectivity index (χ2v) is 7.06. The van der Waals surface area contributed by atoms with Gasteiger partial charge >= 0.3 is 0 Å². The first-order valence-electron chi connectivity index (χ1n) is 8.02. The van der Waals surface area contributed by atoms with Gasteiger partial charge in [0.15, 0.2) is 10.9 Å². The number of amides is 2. The number of carbonyl (C=O) groups excluding carboxylic acids is 2. The number of hydrogen-bond acceptors (Lipinski definition) is 5. The molecule has 1 N–H and O–H groups in total. The zero-order chi connectivity index (χ0) is 16.7. The van der Waals surface area contributed by atoms with Crippen molar-refractivity contribution < 1.29 is 9.59 Å². The first-order chi connectivity index (χ1) is 11.6. The van der Waals surface area contributed by atoms with Crippen LogP contribution in [0.1, 0.15) is 28.1 Å². The summed E-state index contributed by atoms with van der Waals surface area (Å²) in [6.45, 7) is 1.28. The molecule has 6 nitrogen and oxygen atoms in total. The maximum atomic E-state index is 12.8. The topological polar surface area (TPSA) is 65.5 Å². The Morgan fingerprint density at radius 1 is 1.29 bits per heavy atom. The highest BCUT2D eigenvalue weighted by atomic mass is 32.1. The SMILES string of the molecule is CN1C(=O)[C@@H]2CCCN2C(=O)c2sc(NCc3ccccc3)nc21. The van der Waals surface area contributed by atoms with E-state index in [0.717, 1.165) is 18.4 Å². The highest BCUT2D eigenvalue weighted by molar-refractivity contribution is 7.18. The fourth-order valence-electron chi connectivity index (χ4n) is 3.25. The van der Waals surface area contributed by atoms with E-state index in [-0.39, 0.29) is 17.9 Å². The van der Waals surface area contributed by atoms with Crippen LogP contribution in [0.15, 0.2) is 30.3 Å². The maximum Gasteiger partial charge on any atom is 0.268 e. The molecule has 7 heteroatoms. The molecule has 1 aromatic heterocycles. The lowest BCUT2D eigenvalue weighted by atomic mass is 10.2. The molecular weight excluding hydrogens is 324 g/mol. The number of thiazole rings is 1. The van der Waals surface area contributed by atoms with Gasteiger partial charge in [0.25, 0.3) is 11.8 Å². The summed E-state index contributed by atoms with van der Waals surface area (Å²) >= 11 is 1.32. The predicted molar refractivity (Wildman–Crippen MR) is 93.4 cm³/mol. The summed E-state index contributed by atoms with van der Waals surface area (Å²) in [7, 11) is 1.71. The van der Waals surface area contributed by atoms with E-state index in [9.17, 15) is 9.59 Å². The lowest BCUT2D eigenvalue weighted by Gasteiger charge is -2.22. The molecule has 0 spiro atoms. The van der Waals surface area contributed by atoms with Crippen molar-refractivity contribution in [2.24, 2.45) is 0 Å². The van der Waals surface area contributed by atoms with Gasteiger partial charge in [-0.05, 0) is 18.4 Å². The van der Waals surface area contributed by atoms with E-state index < -0.39 is 0 Å². The number of benzene rings is 1. The van der Waals surface area contributed by atoms with Crippen molar-refractivity contribution >= 4 is 34.1 Å². The number of nitrogens with zero attached hydrogens (tertiary/aromatic N) is 3. The third-order valence-electron chi connectivity index (χ3n) is 4.54. The molecule has 1 fully saturated rings. The van der Waals surface area contributed by atoms with Crippen LogP contribution in [0.4, 0.5) is 10.9 Å². The van der Waals surface area contributed by atoms with Crippen LogP contribution in [-0.2, 0) is 11.3 Å². The average Bonchev–Trinajstić information content (AvgIpc) is 3.24. The molecule has 3 heterocycles. The van der Waals surface area contributed by atoms with E-state index in [4.69, 9.17) is 0 Å². The molecule has 4 rings (SSSR count). The molecule has 0 radical (unpaired) electrons. The standard InChI is InChI=1S/C17H18N4O2S/c1-20-14-13(16(23)21-9-5-8-12(21)15(20)22)24-17(19-14)18-10-11-6-3-2-4-7-11/h2-4,6-7,12H,5,8-10H2,1H3,(H,18,19)/t12-/m0/s1. The van der Waals surface area contributed by atoms with Gasteiger partial charge in [-0.15, -0.1) is 0 Å². The average molecular weight is 342 g/mol. The van der Waals surface area contributed by atoms with Crippen molar-refractivity contribution in [3.05, 3.63) is 40.8 Å². The van der Waals surface area contributed by atoms with Crippen molar-refractivity contribution in [2.45, 2.75) is 25.4 Å². The van der Waals surface area contributed by atoms with Gasteiger partial charge in [0.1, 0.15) is 10.9 Å². The Morgan fingerprint density at radius 3 is 2.88 bits per heavy atom. The van der Waals surface area contributed by atoms with E-state index in [2.05, 4.69) is 10.3 Å². The summed E-state index contributed by atoms with van der Waals surface area (Å²) in [4.78, 5) is 33.7. The number of carbonyl (C=O) groups is 2. The third-order valence-corrected chi connectivity index (χ3v) is 5.53. The van der Waals surface area contributed by atoms with Crippen LogP contribution in [0.25, 0.3) is 0 Å². The Kier molecular flexibility index (Phi) is 3.72. The maximum absolute atomic E-state index is 12.8. The summed E-state index contributed by atoms with van der Waals surface area (Å²) < 4.78 is 0. The van der Waals surface area contributed by atoms with Crippen molar-refractivity contribution in [3.63, 3.8) is 0 Å². The van der Waals surface area contributed by atoms with Crippen molar-refractivity contribution in [2.75, 3.05) is 23.8 Å². The van der Waals surface area contributed by atoms with Crippen LogP contribution >= 0.6 is 11.3 Å². The van der Waals surface area contributed by atoms with E-state index in [0.29, 0.717) is 28.9 Å². The number of anilines is 2. The number of fused-ring (bicyclic) bond motifs is 2. The monoisotopic (exact) mass is 342 g/mol.